The Hall–Kier alpha value is -2.37. The van der Waals surface area contributed by atoms with E-state index < -0.39 is 38.5 Å². The van der Waals surface area contributed by atoms with Crippen LogP contribution in [0, 0.1) is 5.82 Å². The summed E-state index contributed by atoms with van der Waals surface area (Å²) in [6.07, 6.45) is -3.12. The summed E-state index contributed by atoms with van der Waals surface area (Å²) in [4.78, 5) is 3.09. The molecule has 0 radical (unpaired) electrons. The van der Waals surface area contributed by atoms with E-state index in [2.05, 4.69) is 15.0 Å². The van der Waals surface area contributed by atoms with Gasteiger partial charge >= 0.3 is 6.18 Å². The largest absolute Gasteiger partial charge is 0.416 e. The summed E-state index contributed by atoms with van der Waals surface area (Å²) in [5.74, 6) is -1.08. The molecule has 1 atom stereocenters. The standard InChI is InChI=1S/C18H14ClF4N3O2S2/c1-10(11-3-2-4-12(7-11)18(21,22)23)25-15-9-14(20)16(8-13(15)19)30(27,28)26-17-24-5-6-29-17/h2-10,25H,1H3,(H,24,26)/t10-/m0/s1. The highest BCUT2D eigenvalue weighted by Crippen LogP contribution is 2.34. The lowest BCUT2D eigenvalue weighted by Gasteiger charge is -2.19. The van der Waals surface area contributed by atoms with Gasteiger partial charge in [-0.2, -0.15) is 13.2 Å². The van der Waals surface area contributed by atoms with E-state index in [0.29, 0.717) is 5.56 Å². The molecule has 0 saturated carbocycles. The van der Waals surface area contributed by atoms with Crippen LogP contribution >= 0.6 is 22.9 Å². The number of aromatic nitrogens is 1. The van der Waals surface area contributed by atoms with Gasteiger partial charge in [-0.05, 0) is 36.8 Å². The molecule has 3 rings (SSSR count). The number of hydrogen-bond donors (Lipinski definition) is 2. The van der Waals surface area contributed by atoms with Crippen LogP contribution in [0.25, 0.3) is 0 Å². The minimum atomic E-state index is -4.50. The van der Waals surface area contributed by atoms with E-state index in [0.717, 1.165) is 35.6 Å². The molecule has 0 bridgehead atoms. The second-order valence-electron chi connectivity index (χ2n) is 6.19. The fraction of sp³-hybridized carbons (Fsp3) is 0.167. The lowest BCUT2D eigenvalue weighted by molar-refractivity contribution is -0.137. The monoisotopic (exact) mass is 479 g/mol. The third kappa shape index (κ3) is 5.02. The minimum Gasteiger partial charge on any atom is -0.377 e. The van der Waals surface area contributed by atoms with Crippen molar-refractivity contribution in [2.75, 3.05) is 10.0 Å². The molecule has 0 aliphatic carbocycles. The van der Waals surface area contributed by atoms with Crippen LogP contribution in [0.4, 0.5) is 28.4 Å². The molecule has 0 spiro atoms. The summed E-state index contributed by atoms with van der Waals surface area (Å²) in [6.45, 7) is 1.57. The van der Waals surface area contributed by atoms with Crippen LogP contribution in [0.5, 0.6) is 0 Å². The van der Waals surface area contributed by atoms with Crippen LogP contribution in [0.3, 0.4) is 0 Å². The first-order chi connectivity index (χ1) is 14.0. The molecular formula is C18H14ClF4N3O2S2. The van der Waals surface area contributed by atoms with Gasteiger partial charge in [-0.15, -0.1) is 11.3 Å². The Labute approximate surface area is 178 Å². The molecule has 30 heavy (non-hydrogen) atoms. The van der Waals surface area contributed by atoms with E-state index in [-0.39, 0.29) is 15.8 Å². The van der Waals surface area contributed by atoms with Crippen LogP contribution in [-0.4, -0.2) is 13.4 Å². The fourth-order valence-electron chi connectivity index (χ4n) is 2.59. The maximum Gasteiger partial charge on any atom is 0.416 e. The highest BCUT2D eigenvalue weighted by Gasteiger charge is 2.31. The number of anilines is 2. The molecule has 1 aromatic heterocycles. The number of alkyl halides is 3. The van der Waals surface area contributed by atoms with Crippen molar-refractivity contribution in [3.8, 4) is 0 Å². The third-order valence-corrected chi connectivity index (χ3v) is 6.54. The molecular weight excluding hydrogens is 466 g/mol. The SMILES string of the molecule is C[C@H](Nc1cc(F)c(S(=O)(=O)Nc2nccs2)cc1Cl)c1cccc(C(F)(F)F)c1. The van der Waals surface area contributed by atoms with Gasteiger partial charge in [-0.25, -0.2) is 17.8 Å². The average molecular weight is 480 g/mol. The number of thiazole rings is 1. The molecule has 0 amide bonds. The number of nitrogens with one attached hydrogen (secondary N) is 2. The smallest absolute Gasteiger partial charge is 0.377 e. The number of hydrogen-bond acceptors (Lipinski definition) is 5. The molecule has 160 valence electrons. The summed E-state index contributed by atoms with van der Waals surface area (Å²) in [6, 6.07) is 5.79. The van der Waals surface area contributed by atoms with Crippen molar-refractivity contribution in [2.24, 2.45) is 0 Å². The Balaban J connectivity index is 1.85. The Morgan fingerprint density at radius 3 is 2.57 bits per heavy atom. The van der Waals surface area contributed by atoms with Crippen molar-refractivity contribution in [3.63, 3.8) is 0 Å². The maximum atomic E-state index is 14.5. The maximum absolute atomic E-state index is 14.5. The highest BCUT2D eigenvalue weighted by molar-refractivity contribution is 7.93. The van der Waals surface area contributed by atoms with Crippen molar-refractivity contribution in [1.82, 2.24) is 4.98 Å². The van der Waals surface area contributed by atoms with Crippen molar-refractivity contribution in [1.29, 1.82) is 0 Å². The van der Waals surface area contributed by atoms with Gasteiger partial charge in [0.15, 0.2) is 5.13 Å². The third-order valence-electron chi connectivity index (χ3n) is 4.05. The van der Waals surface area contributed by atoms with Gasteiger partial charge in [0.2, 0.25) is 0 Å². The Morgan fingerprint density at radius 1 is 1.20 bits per heavy atom. The van der Waals surface area contributed by atoms with Gasteiger partial charge in [0.25, 0.3) is 10.0 Å². The summed E-state index contributed by atoms with van der Waals surface area (Å²) in [5.41, 5.74) is -0.489. The normalized spacial score (nSPS) is 13.1. The molecule has 0 aliphatic rings. The minimum absolute atomic E-state index is 0.0345. The number of benzene rings is 2. The topological polar surface area (TPSA) is 71.1 Å². The van der Waals surface area contributed by atoms with Crippen molar-refractivity contribution < 1.29 is 26.0 Å². The molecule has 12 heteroatoms. The average Bonchev–Trinajstić information content (AvgIpc) is 3.16. The van der Waals surface area contributed by atoms with Crippen LogP contribution in [0.2, 0.25) is 5.02 Å². The Bertz CT molecular complexity index is 1150. The van der Waals surface area contributed by atoms with Gasteiger partial charge in [-0.3, -0.25) is 4.72 Å². The number of sulfonamides is 1. The lowest BCUT2D eigenvalue weighted by atomic mass is 10.0. The molecule has 0 unspecified atom stereocenters. The molecule has 0 aliphatic heterocycles. The van der Waals surface area contributed by atoms with Crippen molar-refractivity contribution in [3.05, 3.63) is 69.9 Å². The molecule has 0 saturated heterocycles. The summed E-state index contributed by atoms with van der Waals surface area (Å²) in [5, 5.41) is 4.30. The van der Waals surface area contributed by atoms with Crippen LogP contribution < -0.4 is 10.0 Å². The van der Waals surface area contributed by atoms with E-state index in [1.807, 2.05) is 0 Å². The first-order valence-electron chi connectivity index (χ1n) is 8.32. The zero-order valence-corrected chi connectivity index (χ0v) is 17.6. The van der Waals surface area contributed by atoms with Gasteiger partial charge in [0.1, 0.15) is 10.7 Å². The number of halogens is 5. The summed E-state index contributed by atoms with van der Waals surface area (Å²) < 4.78 is 80.2. The molecule has 1 heterocycles. The summed E-state index contributed by atoms with van der Waals surface area (Å²) >= 11 is 7.13. The molecule has 5 nitrogen and oxygen atoms in total. The predicted molar refractivity (Wildman–Crippen MR) is 108 cm³/mol. The van der Waals surface area contributed by atoms with Crippen molar-refractivity contribution in [2.45, 2.75) is 24.0 Å². The van der Waals surface area contributed by atoms with E-state index in [1.165, 1.54) is 18.3 Å². The zero-order valence-electron chi connectivity index (χ0n) is 15.2. The van der Waals surface area contributed by atoms with E-state index in [4.69, 9.17) is 11.6 Å². The van der Waals surface area contributed by atoms with Gasteiger partial charge in [0.05, 0.1) is 16.3 Å². The molecule has 2 aromatic carbocycles. The summed E-state index contributed by atoms with van der Waals surface area (Å²) in [7, 11) is -4.27. The van der Waals surface area contributed by atoms with Crippen molar-refractivity contribution >= 4 is 43.8 Å². The number of rotatable bonds is 6. The van der Waals surface area contributed by atoms with E-state index in [9.17, 15) is 26.0 Å². The first kappa shape index (κ1) is 22.3. The van der Waals surface area contributed by atoms with Gasteiger partial charge in [-0.1, -0.05) is 23.7 Å². The van der Waals surface area contributed by atoms with Crippen LogP contribution in [-0.2, 0) is 16.2 Å². The predicted octanol–water partition coefficient (Wildman–Crippen LogP) is 5.93. The van der Waals surface area contributed by atoms with Gasteiger partial charge < -0.3 is 5.32 Å². The van der Waals surface area contributed by atoms with Crippen LogP contribution in [0.15, 0.2) is 52.9 Å². The number of nitrogens with zero attached hydrogens (tertiary/aromatic N) is 1. The van der Waals surface area contributed by atoms with Gasteiger partial charge in [0, 0.05) is 17.6 Å². The molecule has 3 aromatic rings. The Morgan fingerprint density at radius 2 is 1.93 bits per heavy atom. The van der Waals surface area contributed by atoms with E-state index in [1.54, 1.807) is 12.3 Å². The highest BCUT2D eigenvalue weighted by atomic mass is 35.5. The first-order valence-corrected chi connectivity index (χ1v) is 11.1. The second-order valence-corrected chi connectivity index (χ2v) is 9.15. The van der Waals surface area contributed by atoms with E-state index >= 15 is 0 Å². The zero-order chi connectivity index (χ0) is 22.1. The second kappa shape index (κ2) is 8.40. The fourth-order valence-corrected chi connectivity index (χ4v) is 4.75. The van der Waals surface area contributed by atoms with Crippen LogP contribution in [0.1, 0.15) is 24.1 Å². The molecule has 0 fully saturated rings. The quantitative estimate of drug-likeness (QED) is 0.430. The lowest BCUT2D eigenvalue weighted by Crippen LogP contribution is -2.15. The Kier molecular flexibility index (Phi) is 6.25. The molecule has 2 N–H and O–H groups in total.